The van der Waals surface area contributed by atoms with Crippen LogP contribution < -0.4 is 0 Å². The summed E-state index contributed by atoms with van der Waals surface area (Å²) in [5, 5.41) is 0. The third-order valence-corrected chi connectivity index (χ3v) is 8.06. The molecular weight excluding hydrogens is 302 g/mol. The first-order chi connectivity index (χ1) is 9.68. The van der Waals surface area contributed by atoms with E-state index >= 15 is 0 Å². The van der Waals surface area contributed by atoms with Gasteiger partial charge in [-0.3, -0.25) is 0 Å². The molecule has 0 radical (unpaired) electrons. The zero-order valence-electron chi connectivity index (χ0n) is 13.3. The van der Waals surface area contributed by atoms with Crippen LogP contribution in [0.25, 0.3) is 0 Å². The first-order valence-corrected chi connectivity index (χ1v) is 10.4. The summed E-state index contributed by atoms with van der Waals surface area (Å²) in [6.07, 6.45) is 2.17. The number of hydrogen-bond acceptors (Lipinski definition) is 2. The molecule has 1 aliphatic heterocycles. The van der Waals surface area contributed by atoms with Crippen molar-refractivity contribution in [2.24, 2.45) is 15.1 Å². The summed E-state index contributed by atoms with van der Waals surface area (Å²) < 4.78 is 28.8. The molecule has 0 spiro atoms. The van der Waals surface area contributed by atoms with Crippen LogP contribution in [0.4, 0.5) is 0 Å². The minimum atomic E-state index is -3.49. The fourth-order valence-electron chi connectivity index (χ4n) is 2.64. The molecule has 1 aromatic rings. The van der Waals surface area contributed by atoms with Crippen LogP contribution in [0, 0.1) is 18.3 Å². The van der Waals surface area contributed by atoms with Gasteiger partial charge in [-0.1, -0.05) is 49.2 Å². The summed E-state index contributed by atoms with van der Waals surface area (Å²) in [6.45, 7) is 8.74. The fraction of sp³-hybridized carbons (Fsp3) is 0.625. The molecule has 1 aliphatic rings. The average molecular weight is 328 g/mol. The van der Waals surface area contributed by atoms with Gasteiger partial charge in [0.1, 0.15) is 0 Å². The molecule has 0 aromatic heterocycles. The normalized spacial score (nSPS) is 23.8. The van der Waals surface area contributed by atoms with Gasteiger partial charge >= 0.3 is 0 Å². The quantitative estimate of drug-likeness (QED) is 0.826. The Hall–Kier alpha value is -0.680. The summed E-state index contributed by atoms with van der Waals surface area (Å²) in [6, 6.07) is 6.95. The van der Waals surface area contributed by atoms with Crippen LogP contribution in [-0.2, 0) is 20.7 Å². The largest absolute Gasteiger partial charge is 0.287 e. The van der Waals surface area contributed by atoms with Gasteiger partial charge < -0.3 is 0 Å². The Morgan fingerprint density at radius 1 is 1.10 bits per heavy atom. The van der Waals surface area contributed by atoms with Gasteiger partial charge in [0, 0.05) is 11.5 Å². The van der Waals surface area contributed by atoms with Crippen molar-refractivity contribution in [3.63, 3.8) is 0 Å². The predicted molar refractivity (Wildman–Crippen MR) is 90.1 cm³/mol. The molecule has 0 unspecified atom stereocenters. The zero-order chi connectivity index (χ0) is 15.7. The van der Waals surface area contributed by atoms with Gasteiger partial charge in [0.05, 0.1) is 4.90 Å². The third-order valence-electron chi connectivity index (χ3n) is 4.15. The maximum atomic E-state index is 12.3. The van der Waals surface area contributed by atoms with Crippen LogP contribution >= 0.6 is 0 Å². The highest BCUT2D eigenvalue weighted by Gasteiger charge is 2.28. The van der Waals surface area contributed by atoms with Crippen LogP contribution in [-0.4, -0.2) is 19.9 Å². The molecule has 0 amide bonds. The average Bonchev–Trinajstić information content (AvgIpc) is 2.38. The molecule has 1 saturated heterocycles. The van der Waals surface area contributed by atoms with Gasteiger partial charge in [0.25, 0.3) is 10.0 Å². The number of sulfonamides is 1. The number of aryl methyl sites for hydroxylation is 1. The summed E-state index contributed by atoms with van der Waals surface area (Å²) in [4.78, 5) is 0.318. The molecule has 0 saturated carbocycles. The highest BCUT2D eigenvalue weighted by molar-refractivity contribution is 8.00. The van der Waals surface area contributed by atoms with E-state index in [1.54, 1.807) is 12.1 Å². The van der Waals surface area contributed by atoms with E-state index in [2.05, 4.69) is 24.5 Å². The molecule has 0 N–H and O–H groups in total. The molecule has 3 nitrogen and oxygen atoms in total. The highest BCUT2D eigenvalue weighted by atomic mass is 32.3. The van der Waals surface area contributed by atoms with Gasteiger partial charge in [-0.25, -0.2) is 0 Å². The second kappa shape index (κ2) is 6.21. The van der Waals surface area contributed by atoms with Gasteiger partial charge in [-0.15, -0.1) is 3.77 Å². The van der Waals surface area contributed by atoms with Crippen LogP contribution in [0.5, 0.6) is 0 Å². The predicted octanol–water partition coefficient (Wildman–Crippen LogP) is 3.94. The van der Waals surface area contributed by atoms with E-state index < -0.39 is 10.0 Å². The molecule has 5 heteroatoms. The molecule has 0 aliphatic carbocycles. The van der Waals surface area contributed by atoms with E-state index in [-0.39, 0.29) is 10.7 Å². The van der Waals surface area contributed by atoms with E-state index in [9.17, 15) is 8.42 Å². The van der Waals surface area contributed by atoms with E-state index in [0.717, 1.165) is 29.9 Å². The summed E-state index contributed by atoms with van der Waals surface area (Å²) in [5.41, 5.74) is 1.37. The maximum Gasteiger partial charge on any atom is 0.287 e. The van der Waals surface area contributed by atoms with Gasteiger partial charge in [0.15, 0.2) is 0 Å². The van der Waals surface area contributed by atoms with Crippen molar-refractivity contribution in [3.8, 4) is 0 Å². The minimum Gasteiger partial charge on any atom is -0.199 e. The lowest BCUT2D eigenvalue weighted by atomic mass is 9.77. The van der Waals surface area contributed by atoms with E-state index in [1.165, 1.54) is 0 Å². The monoisotopic (exact) mass is 327 g/mol. The molecule has 1 heterocycles. The third kappa shape index (κ3) is 4.39. The smallest absolute Gasteiger partial charge is 0.199 e. The topological polar surface area (TPSA) is 46.5 Å². The van der Waals surface area contributed by atoms with Crippen LogP contribution in [0.3, 0.4) is 0 Å². The van der Waals surface area contributed by atoms with E-state index in [0.29, 0.717) is 16.2 Å². The summed E-state index contributed by atoms with van der Waals surface area (Å²) in [7, 11) is -3.83. The van der Waals surface area contributed by atoms with Crippen molar-refractivity contribution in [2.45, 2.75) is 45.4 Å². The molecule has 118 valence electrons. The van der Waals surface area contributed by atoms with Crippen molar-refractivity contribution in [1.82, 2.24) is 0 Å². The van der Waals surface area contributed by atoms with Crippen molar-refractivity contribution in [3.05, 3.63) is 29.8 Å². The Kier molecular flexibility index (Phi) is 4.93. The molecule has 21 heavy (non-hydrogen) atoms. The van der Waals surface area contributed by atoms with E-state index in [1.807, 2.05) is 19.1 Å². The summed E-state index contributed by atoms with van der Waals surface area (Å²) in [5.74, 6) is 2.50. The molecule has 2 rings (SSSR count). The van der Waals surface area contributed by atoms with Crippen molar-refractivity contribution < 1.29 is 8.42 Å². The lowest BCUT2D eigenvalue weighted by Crippen LogP contribution is -2.28. The minimum absolute atomic E-state index is 0.311. The first-order valence-electron chi connectivity index (χ1n) is 7.41. The number of rotatable bonds is 2. The maximum absolute atomic E-state index is 12.3. The first kappa shape index (κ1) is 16.7. The Labute approximate surface area is 131 Å². The lowest BCUT2D eigenvalue weighted by Gasteiger charge is -2.34. The standard InChI is InChI=1S/C16H25NO2S2/c1-13-5-7-15(8-6-13)21(18,19)17-20-11-9-14(10-12-20)16(2,3)4/h5-8,14H,9-12H2,1-4H3. The van der Waals surface area contributed by atoms with Crippen LogP contribution in [0.1, 0.15) is 39.2 Å². The molecule has 1 aromatic carbocycles. The Balaban J connectivity index is 2.12. The van der Waals surface area contributed by atoms with Gasteiger partial charge in [0.2, 0.25) is 0 Å². The Morgan fingerprint density at radius 2 is 1.62 bits per heavy atom. The van der Waals surface area contributed by atoms with Crippen LogP contribution in [0.2, 0.25) is 0 Å². The number of hydrogen-bond donors (Lipinski definition) is 0. The van der Waals surface area contributed by atoms with Crippen LogP contribution in [0.15, 0.2) is 32.9 Å². The molecule has 0 bridgehead atoms. The second-order valence-corrected chi connectivity index (χ2v) is 10.6. The zero-order valence-corrected chi connectivity index (χ0v) is 14.9. The Bertz CT molecular complexity index is 615. The van der Waals surface area contributed by atoms with Crippen molar-refractivity contribution in [1.29, 1.82) is 0 Å². The second-order valence-electron chi connectivity index (χ2n) is 6.87. The van der Waals surface area contributed by atoms with Crippen molar-refractivity contribution >= 4 is 20.7 Å². The number of nitrogens with zero attached hydrogens (tertiary/aromatic N) is 1. The van der Waals surface area contributed by atoms with E-state index in [4.69, 9.17) is 0 Å². The fourth-order valence-corrected chi connectivity index (χ4v) is 6.48. The highest BCUT2D eigenvalue weighted by Crippen LogP contribution is 2.34. The lowest BCUT2D eigenvalue weighted by molar-refractivity contribution is 0.225. The van der Waals surface area contributed by atoms with Crippen molar-refractivity contribution in [2.75, 3.05) is 11.5 Å². The summed E-state index contributed by atoms with van der Waals surface area (Å²) >= 11 is 0. The molecular formula is C16H25NO2S2. The molecule has 1 fully saturated rings. The number of benzene rings is 1. The molecule has 0 atom stereocenters. The Morgan fingerprint density at radius 3 is 2.10 bits per heavy atom. The van der Waals surface area contributed by atoms with Gasteiger partial charge in [-0.05, 0) is 43.2 Å². The van der Waals surface area contributed by atoms with Gasteiger partial charge in [-0.2, -0.15) is 8.42 Å². The SMILES string of the molecule is Cc1ccc(S(=O)(=O)N=S2CCC(C(C)(C)C)CC2)cc1.